The van der Waals surface area contributed by atoms with Gasteiger partial charge in [-0.3, -0.25) is 4.79 Å². The van der Waals surface area contributed by atoms with Crippen LogP contribution in [0.1, 0.15) is 11.8 Å². The number of carbonyl (C=O) groups is 1. The van der Waals surface area contributed by atoms with Crippen LogP contribution in [0.3, 0.4) is 0 Å². The molecule has 0 aliphatic heterocycles. The van der Waals surface area contributed by atoms with Crippen molar-refractivity contribution in [3.8, 4) is 0 Å². The lowest BCUT2D eigenvalue weighted by molar-refractivity contribution is -0.117. The van der Waals surface area contributed by atoms with Gasteiger partial charge in [0.25, 0.3) is 5.91 Å². The maximum atomic E-state index is 10.6. The molecule has 0 N–H and O–H groups in total. The third-order valence-corrected chi connectivity index (χ3v) is 1.05. The minimum atomic E-state index is -0.367. The van der Waals surface area contributed by atoms with Crippen molar-refractivity contribution in [2.45, 2.75) is 13.3 Å². The summed E-state index contributed by atoms with van der Waals surface area (Å²) in [5.74, 6) is 0.352. The summed E-state index contributed by atoms with van der Waals surface area (Å²) >= 11 is 0. The number of aryl methyl sites for hydroxylation is 1. The summed E-state index contributed by atoms with van der Waals surface area (Å²) in [5, 5.41) is 7.15. The number of hydrogen-bond donors (Lipinski definition) is 0. The first-order valence-corrected chi connectivity index (χ1v) is 3.01. The number of nitrogens with zero attached hydrogens (tertiary/aromatic N) is 3. The number of hydrogen-bond acceptors (Lipinski definition) is 4. The van der Waals surface area contributed by atoms with Gasteiger partial charge in [-0.2, -0.15) is 0 Å². The van der Waals surface area contributed by atoms with Crippen LogP contribution in [0.25, 0.3) is 0 Å². The normalized spacial score (nSPS) is 9.55. The van der Waals surface area contributed by atoms with Crippen molar-refractivity contribution in [2.24, 2.45) is 4.99 Å². The highest BCUT2D eigenvalue weighted by molar-refractivity contribution is 5.81. The molecule has 0 atom stereocenters. The van der Waals surface area contributed by atoms with Gasteiger partial charge in [0, 0.05) is 6.92 Å². The van der Waals surface area contributed by atoms with E-state index >= 15 is 0 Å². The Morgan fingerprint density at radius 3 is 2.91 bits per heavy atom. The molecule has 1 aromatic rings. The summed E-state index contributed by atoms with van der Waals surface area (Å²) < 4.78 is 4.93. The summed E-state index contributed by atoms with van der Waals surface area (Å²) in [6.45, 7) is 4.73. The fraction of sp³-hybridized carbons (Fsp3) is 0.333. The molecule has 0 saturated carbocycles. The molecule has 1 rings (SSSR count). The molecule has 0 unspecified atom stereocenters. The van der Waals surface area contributed by atoms with E-state index in [4.69, 9.17) is 4.42 Å². The van der Waals surface area contributed by atoms with Gasteiger partial charge in [-0.15, -0.1) is 10.2 Å². The highest BCUT2D eigenvalue weighted by Gasteiger charge is 2.06. The Labute approximate surface area is 63.2 Å². The van der Waals surface area contributed by atoms with E-state index in [1.54, 1.807) is 6.92 Å². The van der Waals surface area contributed by atoms with Crippen molar-refractivity contribution in [3.05, 3.63) is 11.8 Å². The smallest absolute Gasteiger partial charge is 0.254 e. The molecule has 1 aromatic heterocycles. The third-order valence-electron chi connectivity index (χ3n) is 1.05. The molecule has 0 fully saturated rings. The lowest BCUT2D eigenvalue weighted by atomic mass is 10.4. The maximum absolute atomic E-state index is 10.6. The van der Waals surface area contributed by atoms with Crippen molar-refractivity contribution in [3.63, 3.8) is 0 Å². The molecule has 11 heavy (non-hydrogen) atoms. The second-order valence-corrected chi connectivity index (χ2v) is 1.94. The fourth-order valence-corrected chi connectivity index (χ4v) is 0.594. The molecule has 0 bridgehead atoms. The number of amides is 1. The molecule has 0 saturated heterocycles. The predicted octanol–water partition coefficient (Wildman–Crippen LogP) is 0.148. The van der Waals surface area contributed by atoms with Crippen LogP contribution in [0.2, 0.25) is 0 Å². The van der Waals surface area contributed by atoms with Gasteiger partial charge in [0.15, 0.2) is 0 Å². The van der Waals surface area contributed by atoms with E-state index < -0.39 is 0 Å². The summed E-state index contributed by atoms with van der Waals surface area (Å²) in [4.78, 5) is 13.8. The van der Waals surface area contributed by atoms with Crippen molar-refractivity contribution < 1.29 is 9.21 Å². The summed E-state index contributed by atoms with van der Waals surface area (Å²) in [5.41, 5.74) is 0. The van der Waals surface area contributed by atoms with E-state index in [9.17, 15) is 4.79 Å². The first kappa shape index (κ1) is 7.59. The molecule has 0 aliphatic carbocycles. The molecule has 1 heterocycles. The molecule has 58 valence electrons. The Morgan fingerprint density at radius 1 is 1.73 bits per heavy atom. The minimum absolute atomic E-state index is 0.0321. The molecule has 1 amide bonds. The topological polar surface area (TPSA) is 68.3 Å². The molecule has 0 radical (unpaired) electrons. The third kappa shape index (κ3) is 1.96. The Morgan fingerprint density at radius 2 is 2.45 bits per heavy atom. The van der Waals surface area contributed by atoms with E-state index in [2.05, 4.69) is 21.9 Å². The van der Waals surface area contributed by atoms with Crippen LogP contribution in [-0.4, -0.2) is 22.8 Å². The van der Waals surface area contributed by atoms with Crippen LogP contribution in [0.15, 0.2) is 9.41 Å². The van der Waals surface area contributed by atoms with E-state index in [1.807, 2.05) is 0 Å². The highest BCUT2D eigenvalue weighted by atomic mass is 16.4. The zero-order valence-corrected chi connectivity index (χ0v) is 6.07. The average Bonchev–Trinajstić information content (AvgIpc) is 2.35. The van der Waals surface area contributed by atoms with Crippen LogP contribution >= 0.6 is 0 Å². The molecule has 0 aliphatic rings. The minimum Gasteiger partial charge on any atom is -0.425 e. The lowest BCUT2D eigenvalue weighted by Crippen LogP contribution is -1.97. The highest BCUT2D eigenvalue weighted by Crippen LogP contribution is 1.98. The van der Waals surface area contributed by atoms with E-state index in [-0.39, 0.29) is 18.2 Å². The zero-order valence-electron chi connectivity index (χ0n) is 6.07. The zero-order chi connectivity index (χ0) is 8.27. The second kappa shape index (κ2) is 3.05. The Kier molecular flexibility index (Phi) is 2.10. The van der Waals surface area contributed by atoms with Gasteiger partial charge < -0.3 is 4.42 Å². The van der Waals surface area contributed by atoms with Gasteiger partial charge in [0.05, 0.1) is 0 Å². The fourth-order valence-electron chi connectivity index (χ4n) is 0.594. The van der Waals surface area contributed by atoms with Crippen LogP contribution < -0.4 is 0 Å². The van der Waals surface area contributed by atoms with Crippen molar-refractivity contribution >= 4 is 12.6 Å². The van der Waals surface area contributed by atoms with Gasteiger partial charge in [-0.1, -0.05) is 0 Å². The summed E-state index contributed by atoms with van der Waals surface area (Å²) in [6.07, 6.45) is 0.0321. The average molecular weight is 153 g/mol. The Bertz CT molecular complexity index is 279. The standard InChI is InChI=1S/C6H7N3O2/c1-4-8-9-6(11-4)3-5(10)7-2/h2-3H2,1H3. The van der Waals surface area contributed by atoms with E-state index in [0.29, 0.717) is 5.89 Å². The van der Waals surface area contributed by atoms with Crippen LogP contribution in [0, 0.1) is 6.92 Å². The van der Waals surface area contributed by atoms with Crippen LogP contribution in [0.4, 0.5) is 0 Å². The summed E-state index contributed by atoms with van der Waals surface area (Å²) in [6, 6.07) is 0. The molecule has 5 heteroatoms. The molecular weight excluding hydrogens is 146 g/mol. The molecule has 0 aromatic carbocycles. The molecule has 5 nitrogen and oxygen atoms in total. The SMILES string of the molecule is C=NC(=O)Cc1nnc(C)o1. The Hall–Kier alpha value is -1.52. The summed E-state index contributed by atoms with van der Waals surface area (Å²) in [7, 11) is 0. The number of aromatic nitrogens is 2. The van der Waals surface area contributed by atoms with Crippen molar-refractivity contribution in [1.82, 2.24) is 10.2 Å². The molecular formula is C6H7N3O2. The number of aliphatic imine (C=N–C) groups is 1. The van der Waals surface area contributed by atoms with Gasteiger partial charge >= 0.3 is 0 Å². The van der Waals surface area contributed by atoms with Crippen LogP contribution in [0.5, 0.6) is 0 Å². The lowest BCUT2D eigenvalue weighted by Gasteiger charge is -1.85. The first-order chi connectivity index (χ1) is 5.22. The second-order valence-electron chi connectivity index (χ2n) is 1.94. The number of rotatable bonds is 2. The van der Waals surface area contributed by atoms with Gasteiger partial charge in [0.2, 0.25) is 11.8 Å². The molecule has 0 spiro atoms. The van der Waals surface area contributed by atoms with E-state index in [1.165, 1.54) is 0 Å². The predicted molar refractivity (Wildman–Crippen MR) is 37.3 cm³/mol. The van der Waals surface area contributed by atoms with Crippen LogP contribution in [-0.2, 0) is 11.2 Å². The number of carbonyl (C=O) groups excluding carboxylic acids is 1. The Balaban J connectivity index is 2.64. The maximum Gasteiger partial charge on any atom is 0.254 e. The van der Waals surface area contributed by atoms with E-state index in [0.717, 1.165) is 0 Å². The largest absolute Gasteiger partial charge is 0.425 e. The quantitative estimate of drug-likeness (QED) is 0.567. The van der Waals surface area contributed by atoms with Crippen molar-refractivity contribution in [1.29, 1.82) is 0 Å². The van der Waals surface area contributed by atoms with Crippen molar-refractivity contribution in [2.75, 3.05) is 0 Å². The van der Waals surface area contributed by atoms with Gasteiger partial charge in [-0.05, 0) is 6.72 Å². The van der Waals surface area contributed by atoms with Gasteiger partial charge in [0.1, 0.15) is 6.42 Å². The van der Waals surface area contributed by atoms with Gasteiger partial charge in [-0.25, -0.2) is 4.99 Å². The monoisotopic (exact) mass is 153 g/mol. The first-order valence-electron chi connectivity index (χ1n) is 3.01.